The maximum Gasteiger partial charge on any atom is 0.330 e. The third-order valence-corrected chi connectivity index (χ3v) is 4.07. The van der Waals surface area contributed by atoms with Crippen molar-refractivity contribution >= 4 is 35.2 Å². The average Bonchev–Trinajstić information content (AvgIpc) is 2.63. The Morgan fingerprint density at radius 3 is 2.52 bits per heavy atom. The molecule has 0 aliphatic rings. The van der Waals surface area contributed by atoms with E-state index in [2.05, 4.69) is 5.32 Å². The number of halogens is 1. The summed E-state index contributed by atoms with van der Waals surface area (Å²) < 4.78 is 4.83. The summed E-state index contributed by atoms with van der Waals surface area (Å²) in [6.07, 6.45) is 3.04. The maximum absolute atomic E-state index is 12.2. The van der Waals surface area contributed by atoms with Gasteiger partial charge in [0.15, 0.2) is 0 Å². The second-order valence-corrected chi connectivity index (χ2v) is 6.43. The molecule has 0 aliphatic carbocycles. The molecule has 0 aliphatic heterocycles. The number of likely N-dealkylation sites (N-methyl/N-ethyl adjacent to an activating group) is 1. The lowest BCUT2D eigenvalue weighted by Gasteiger charge is -2.17. The number of carbonyl (C=O) groups is 2. The van der Waals surface area contributed by atoms with E-state index in [1.165, 1.54) is 6.08 Å². The van der Waals surface area contributed by atoms with Crippen molar-refractivity contribution in [2.45, 2.75) is 13.5 Å². The van der Waals surface area contributed by atoms with Gasteiger partial charge in [0.1, 0.15) is 0 Å². The quantitative estimate of drug-likeness (QED) is 0.550. The Hall–Kier alpha value is -2.63. The number of carbonyl (C=O) groups excluding carboxylic acids is 2. The van der Waals surface area contributed by atoms with Gasteiger partial charge < -0.3 is 10.1 Å². The first-order chi connectivity index (χ1) is 13.0. The van der Waals surface area contributed by atoms with Gasteiger partial charge in [-0.25, -0.2) is 4.79 Å². The van der Waals surface area contributed by atoms with Crippen LogP contribution in [-0.4, -0.2) is 37.0 Å². The van der Waals surface area contributed by atoms with Crippen molar-refractivity contribution in [1.29, 1.82) is 0 Å². The highest BCUT2D eigenvalue weighted by Crippen LogP contribution is 2.16. The smallest absolute Gasteiger partial charge is 0.330 e. The van der Waals surface area contributed by atoms with Gasteiger partial charge in [0.2, 0.25) is 5.91 Å². The van der Waals surface area contributed by atoms with Gasteiger partial charge in [-0.2, -0.15) is 0 Å². The van der Waals surface area contributed by atoms with E-state index in [-0.39, 0.29) is 18.4 Å². The number of hydrogen-bond donors (Lipinski definition) is 1. The van der Waals surface area contributed by atoms with Crippen molar-refractivity contribution in [2.75, 3.05) is 25.5 Å². The van der Waals surface area contributed by atoms with Crippen LogP contribution in [0.3, 0.4) is 0 Å². The number of esters is 1. The minimum absolute atomic E-state index is 0.112. The molecule has 2 aromatic rings. The Labute approximate surface area is 164 Å². The average molecular weight is 387 g/mol. The normalized spacial score (nSPS) is 11.0. The van der Waals surface area contributed by atoms with Crippen molar-refractivity contribution < 1.29 is 14.3 Å². The number of rotatable bonds is 8. The van der Waals surface area contributed by atoms with Crippen molar-refractivity contribution in [3.8, 4) is 0 Å². The molecule has 27 heavy (non-hydrogen) atoms. The summed E-state index contributed by atoms with van der Waals surface area (Å²) in [7, 11) is 1.87. The standard InChI is InChI=1S/C21H23ClN2O3/c1-3-27-21(26)13-10-16-8-11-18(12-9-16)23-20(25)15-24(2)14-17-6-4-5-7-19(17)22/h4-13H,3,14-15H2,1-2H3,(H,23,25)/b13-10+. The Morgan fingerprint density at radius 1 is 1.15 bits per heavy atom. The lowest BCUT2D eigenvalue weighted by molar-refractivity contribution is -0.137. The highest BCUT2D eigenvalue weighted by molar-refractivity contribution is 6.31. The summed E-state index contributed by atoms with van der Waals surface area (Å²) in [4.78, 5) is 25.4. The first-order valence-electron chi connectivity index (χ1n) is 8.64. The van der Waals surface area contributed by atoms with Crippen molar-refractivity contribution in [1.82, 2.24) is 4.90 Å². The molecule has 6 heteroatoms. The van der Waals surface area contributed by atoms with Gasteiger partial charge in [0.05, 0.1) is 13.2 Å². The molecule has 0 unspecified atom stereocenters. The molecule has 0 saturated heterocycles. The zero-order valence-electron chi connectivity index (χ0n) is 15.4. The fraction of sp³-hybridized carbons (Fsp3) is 0.238. The molecule has 0 fully saturated rings. The fourth-order valence-corrected chi connectivity index (χ4v) is 2.65. The van der Waals surface area contributed by atoms with Crippen LogP contribution >= 0.6 is 11.6 Å². The third kappa shape index (κ3) is 7.25. The van der Waals surface area contributed by atoms with Crippen molar-refractivity contribution in [3.63, 3.8) is 0 Å². The summed E-state index contributed by atoms with van der Waals surface area (Å²) in [5, 5.41) is 3.55. The summed E-state index contributed by atoms with van der Waals surface area (Å²) in [5.41, 5.74) is 2.52. The summed E-state index contributed by atoms with van der Waals surface area (Å²) in [5.74, 6) is -0.490. The van der Waals surface area contributed by atoms with Gasteiger partial charge in [-0.05, 0) is 49.4 Å². The number of benzene rings is 2. The Morgan fingerprint density at radius 2 is 1.85 bits per heavy atom. The van der Waals surface area contributed by atoms with Gasteiger partial charge in [0.25, 0.3) is 0 Å². The predicted molar refractivity (Wildman–Crippen MR) is 109 cm³/mol. The molecule has 142 valence electrons. The number of amides is 1. The minimum Gasteiger partial charge on any atom is -0.463 e. The molecule has 1 N–H and O–H groups in total. The maximum atomic E-state index is 12.2. The van der Waals surface area contributed by atoms with Crippen LogP contribution in [0.25, 0.3) is 6.08 Å². The van der Waals surface area contributed by atoms with E-state index in [0.717, 1.165) is 11.1 Å². The van der Waals surface area contributed by atoms with Crippen LogP contribution in [0.1, 0.15) is 18.1 Å². The first kappa shape index (κ1) is 20.7. The molecule has 0 bridgehead atoms. The molecule has 0 atom stereocenters. The highest BCUT2D eigenvalue weighted by atomic mass is 35.5. The van der Waals surface area contributed by atoms with Gasteiger partial charge in [-0.1, -0.05) is 41.9 Å². The van der Waals surface area contributed by atoms with E-state index in [1.54, 1.807) is 25.1 Å². The molecule has 5 nitrogen and oxygen atoms in total. The predicted octanol–water partition coefficient (Wildman–Crippen LogP) is 3.99. The second-order valence-electron chi connectivity index (χ2n) is 6.02. The molecular formula is C21H23ClN2O3. The molecule has 0 heterocycles. The zero-order chi connectivity index (χ0) is 19.6. The SMILES string of the molecule is CCOC(=O)/C=C/c1ccc(NC(=O)CN(C)Cc2ccccc2Cl)cc1. The molecule has 2 aromatic carbocycles. The zero-order valence-corrected chi connectivity index (χ0v) is 16.2. The van der Waals surface area contributed by atoms with Gasteiger partial charge in [-0.3, -0.25) is 9.69 Å². The molecule has 0 aromatic heterocycles. The number of hydrogen-bond acceptors (Lipinski definition) is 4. The van der Waals surface area contributed by atoms with E-state index >= 15 is 0 Å². The lowest BCUT2D eigenvalue weighted by atomic mass is 10.2. The molecule has 0 spiro atoms. The largest absolute Gasteiger partial charge is 0.463 e. The van der Waals surface area contributed by atoms with E-state index in [4.69, 9.17) is 16.3 Å². The lowest BCUT2D eigenvalue weighted by Crippen LogP contribution is -2.29. The highest BCUT2D eigenvalue weighted by Gasteiger charge is 2.09. The molecular weight excluding hydrogens is 364 g/mol. The Bertz CT molecular complexity index is 803. The number of nitrogens with one attached hydrogen (secondary N) is 1. The van der Waals surface area contributed by atoms with Crippen LogP contribution in [0.15, 0.2) is 54.6 Å². The molecule has 0 saturated carbocycles. The van der Waals surface area contributed by atoms with Crippen molar-refractivity contribution in [2.24, 2.45) is 0 Å². The van der Waals surface area contributed by atoms with E-state index in [1.807, 2.05) is 48.3 Å². The minimum atomic E-state index is -0.378. The fourth-order valence-electron chi connectivity index (χ4n) is 2.45. The van der Waals surface area contributed by atoms with Gasteiger partial charge >= 0.3 is 5.97 Å². The van der Waals surface area contributed by atoms with E-state index < -0.39 is 0 Å². The van der Waals surface area contributed by atoms with E-state index in [0.29, 0.717) is 23.9 Å². The summed E-state index contributed by atoms with van der Waals surface area (Å²) in [6, 6.07) is 14.8. The number of anilines is 1. The third-order valence-electron chi connectivity index (χ3n) is 3.70. The Balaban J connectivity index is 1.84. The number of nitrogens with zero attached hydrogens (tertiary/aromatic N) is 1. The summed E-state index contributed by atoms with van der Waals surface area (Å²) >= 11 is 6.15. The van der Waals surface area contributed by atoms with Gasteiger partial charge in [0, 0.05) is 23.3 Å². The van der Waals surface area contributed by atoms with Crippen molar-refractivity contribution in [3.05, 3.63) is 70.8 Å². The van der Waals surface area contributed by atoms with Crippen LogP contribution < -0.4 is 5.32 Å². The Kier molecular flexibility index (Phi) is 8.04. The summed E-state index contributed by atoms with van der Waals surface area (Å²) in [6.45, 7) is 2.94. The number of ether oxygens (including phenoxy) is 1. The molecule has 1 amide bonds. The second kappa shape index (κ2) is 10.5. The van der Waals surface area contributed by atoms with Gasteiger partial charge in [-0.15, -0.1) is 0 Å². The van der Waals surface area contributed by atoms with Crippen LogP contribution in [0.2, 0.25) is 5.02 Å². The van der Waals surface area contributed by atoms with Crippen LogP contribution in [0.5, 0.6) is 0 Å². The van der Waals surface area contributed by atoms with Crippen LogP contribution in [0, 0.1) is 0 Å². The van der Waals surface area contributed by atoms with Crippen LogP contribution in [-0.2, 0) is 20.9 Å². The monoisotopic (exact) mass is 386 g/mol. The van der Waals surface area contributed by atoms with Crippen LogP contribution in [0.4, 0.5) is 5.69 Å². The molecule has 0 radical (unpaired) electrons. The topological polar surface area (TPSA) is 58.6 Å². The molecule has 2 rings (SSSR count). The van der Waals surface area contributed by atoms with E-state index in [9.17, 15) is 9.59 Å². The first-order valence-corrected chi connectivity index (χ1v) is 9.02.